The van der Waals surface area contributed by atoms with Gasteiger partial charge in [0.1, 0.15) is 11.0 Å². The van der Waals surface area contributed by atoms with Crippen molar-refractivity contribution >= 4 is 11.6 Å². The van der Waals surface area contributed by atoms with E-state index in [-0.39, 0.29) is 23.4 Å². The average molecular weight is 272 g/mol. The van der Waals surface area contributed by atoms with E-state index in [2.05, 4.69) is 15.4 Å². The molecule has 0 aromatic carbocycles. The fraction of sp³-hybridized carbons (Fsp3) is 0.400. The highest BCUT2D eigenvalue weighted by Crippen LogP contribution is 2.10. The van der Waals surface area contributed by atoms with Gasteiger partial charge in [-0.25, -0.2) is 14.2 Å². The van der Waals surface area contributed by atoms with E-state index in [1.807, 2.05) is 0 Å². The molecule has 18 heavy (non-hydrogen) atoms. The number of hydrogen-bond acceptors (Lipinski definition) is 4. The summed E-state index contributed by atoms with van der Waals surface area (Å²) in [5.74, 6) is -0.537. The molecule has 0 aliphatic heterocycles. The van der Waals surface area contributed by atoms with Gasteiger partial charge in [-0.05, 0) is 36.4 Å². The Morgan fingerprint density at radius 2 is 2.11 bits per heavy atom. The lowest BCUT2D eigenvalue weighted by Gasteiger charge is -2.02. The van der Waals surface area contributed by atoms with Gasteiger partial charge in [0.05, 0.1) is 18.3 Å². The first-order chi connectivity index (χ1) is 8.49. The number of nitrogens with zero attached hydrogens (tertiary/aromatic N) is 5. The molecule has 2 aromatic heterocycles. The SMILES string of the molecule is CC(C)n1nnn(Cc2nc(Cl)ccc2F)c1=O. The summed E-state index contributed by atoms with van der Waals surface area (Å²) < 4.78 is 15.7. The third-order valence-corrected chi connectivity index (χ3v) is 2.54. The molecule has 2 rings (SSSR count). The lowest BCUT2D eigenvalue weighted by atomic mass is 10.3. The minimum atomic E-state index is -0.537. The molecule has 0 radical (unpaired) electrons. The lowest BCUT2D eigenvalue weighted by molar-refractivity contribution is 0.499. The maximum absolute atomic E-state index is 13.5. The van der Waals surface area contributed by atoms with Gasteiger partial charge in [-0.2, -0.15) is 9.36 Å². The summed E-state index contributed by atoms with van der Waals surface area (Å²) in [5.41, 5.74) is -0.355. The van der Waals surface area contributed by atoms with Gasteiger partial charge in [-0.15, -0.1) is 0 Å². The van der Waals surface area contributed by atoms with Crippen LogP contribution in [-0.2, 0) is 6.54 Å². The van der Waals surface area contributed by atoms with Crippen molar-refractivity contribution in [2.24, 2.45) is 0 Å². The topological polar surface area (TPSA) is 65.6 Å². The van der Waals surface area contributed by atoms with Crippen LogP contribution in [0.2, 0.25) is 5.15 Å². The number of pyridine rings is 1. The van der Waals surface area contributed by atoms with Crippen molar-refractivity contribution in [1.82, 2.24) is 24.8 Å². The molecule has 0 N–H and O–H groups in total. The zero-order chi connectivity index (χ0) is 13.3. The molecule has 2 heterocycles. The minimum Gasteiger partial charge on any atom is -0.244 e. The third-order valence-electron chi connectivity index (χ3n) is 2.33. The Labute approximate surface area is 107 Å². The van der Waals surface area contributed by atoms with Crippen LogP contribution < -0.4 is 5.69 Å². The molecule has 0 aliphatic rings. The molecule has 0 saturated heterocycles. The second-order valence-electron chi connectivity index (χ2n) is 4.02. The summed E-state index contributed by atoms with van der Waals surface area (Å²) in [7, 11) is 0. The monoisotopic (exact) mass is 271 g/mol. The fourth-order valence-electron chi connectivity index (χ4n) is 1.42. The minimum absolute atomic E-state index is 0.0559. The lowest BCUT2D eigenvalue weighted by Crippen LogP contribution is -2.27. The van der Waals surface area contributed by atoms with Crippen molar-refractivity contribution in [2.45, 2.75) is 26.4 Å². The molecule has 0 saturated carbocycles. The molecule has 0 aliphatic carbocycles. The van der Waals surface area contributed by atoms with Crippen LogP contribution in [0, 0.1) is 5.82 Å². The number of tetrazole rings is 1. The Kier molecular flexibility index (Phi) is 3.42. The highest BCUT2D eigenvalue weighted by atomic mass is 35.5. The van der Waals surface area contributed by atoms with Gasteiger partial charge in [0.15, 0.2) is 0 Å². The van der Waals surface area contributed by atoms with Crippen LogP contribution in [0.3, 0.4) is 0 Å². The third kappa shape index (κ3) is 2.40. The summed E-state index contributed by atoms with van der Waals surface area (Å²) >= 11 is 5.67. The van der Waals surface area contributed by atoms with Crippen LogP contribution in [0.25, 0.3) is 0 Å². The zero-order valence-electron chi connectivity index (χ0n) is 9.84. The summed E-state index contributed by atoms with van der Waals surface area (Å²) in [6, 6.07) is 2.43. The van der Waals surface area contributed by atoms with E-state index >= 15 is 0 Å². The standard InChI is InChI=1S/C10H11ClFN5O/c1-6(2)17-10(18)16(14-15-17)5-8-7(12)3-4-9(11)13-8/h3-4,6H,5H2,1-2H3. The van der Waals surface area contributed by atoms with E-state index in [4.69, 9.17) is 11.6 Å². The Morgan fingerprint density at radius 3 is 2.72 bits per heavy atom. The van der Waals surface area contributed by atoms with Gasteiger partial charge in [-0.1, -0.05) is 11.6 Å². The van der Waals surface area contributed by atoms with E-state index in [0.717, 1.165) is 4.68 Å². The molecule has 2 aromatic rings. The quantitative estimate of drug-likeness (QED) is 0.788. The summed E-state index contributed by atoms with van der Waals surface area (Å²) in [6.07, 6.45) is 0. The molecule has 0 bridgehead atoms. The van der Waals surface area contributed by atoms with Gasteiger partial charge in [0.25, 0.3) is 0 Å². The zero-order valence-corrected chi connectivity index (χ0v) is 10.6. The largest absolute Gasteiger partial charge is 0.364 e. The molecule has 96 valence electrons. The number of rotatable bonds is 3. The number of hydrogen-bond donors (Lipinski definition) is 0. The normalized spacial score (nSPS) is 11.2. The summed E-state index contributed by atoms with van der Waals surface area (Å²) in [4.78, 5) is 15.6. The van der Waals surface area contributed by atoms with Crippen LogP contribution in [0.5, 0.6) is 0 Å². The van der Waals surface area contributed by atoms with Gasteiger partial charge >= 0.3 is 5.69 Å². The predicted octanol–water partition coefficient (Wildman–Crippen LogP) is 1.26. The van der Waals surface area contributed by atoms with Crippen molar-refractivity contribution in [3.63, 3.8) is 0 Å². The maximum Gasteiger partial charge on any atom is 0.364 e. The van der Waals surface area contributed by atoms with Crippen molar-refractivity contribution in [3.8, 4) is 0 Å². The van der Waals surface area contributed by atoms with Crippen molar-refractivity contribution in [2.75, 3.05) is 0 Å². The van der Waals surface area contributed by atoms with Gasteiger partial charge < -0.3 is 0 Å². The Bertz CT molecular complexity index is 621. The van der Waals surface area contributed by atoms with E-state index in [0.29, 0.717) is 0 Å². The number of halogens is 2. The highest BCUT2D eigenvalue weighted by Gasteiger charge is 2.13. The van der Waals surface area contributed by atoms with Crippen molar-refractivity contribution < 1.29 is 4.39 Å². The predicted molar refractivity (Wildman–Crippen MR) is 63.0 cm³/mol. The highest BCUT2D eigenvalue weighted by molar-refractivity contribution is 6.29. The van der Waals surface area contributed by atoms with Gasteiger partial charge in [0, 0.05) is 0 Å². The Hall–Kier alpha value is -1.76. The molecule has 6 nitrogen and oxygen atoms in total. The molecule has 8 heteroatoms. The van der Waals surface area contributed by atoms with Crippen LogP contribution in [0.1, 0.15) is 25.6 Å². The van der Waals surface area contributed by atoms with Crippen LogP contribution >= 0.6 is 11.6 Å². The molecule has 0 fully saturated rings. The molecule has 0 spiro atoms. The van der Waals surface area contributed by atoms with Crippen molar-refractivity contribution in [3.05, 3.63) is 39.3 Å². The maximum atomic E-state index is 13.5. The van der Waals surface area contributed by atoms with Crippen LogP contribution in [-0.4, -0.2) is 24.8 Å². The molecule has 0 unspecified atom stereocenters. The van der Waals surface area contributed by atoms with Crippen LogP contribution in [0.4, 0.5) is 4.39 Å². The van der Waals surface area contributed by atoms with Gasteiger partial charge in [-0.3, -0.25) is 0 Å². The van der Waals surface area contributed by atoms with Crippen LogP contribution in [0.15, 0.2) is 16.9 Å². The first kappa shape index (κ1) is 12.7. The smallest absolute Gasteiger partial charge is 0.244 e. The van der Waals surface area contributed by atoms with E-state index < -0.39 is 11.5 Å². The second-order valence-corrected chi connectivity index (χ2v) is 4.41. The second kappa shape index (κ2) is 4.85. The van der Waals surface area contributed by atoms with E-state index in [1.54, 1.807) is 13.8 Å². The average Bonchev–Trinajstić information content (AvgIpc) is 2.66. The van der Waals surface area contributed by atoms with E-state index in [9.17, 15) is 9.18 Å². The molecule has 0 atom stereocenters. The Morgan fingerprint density at radius 1 is 1.39 bits per heavy atom. The van der Waals surface area contributed by atoms with Gasteiger partial charge in [0.2, 0.25) is 0 Å². The molecular formula is C10H11ClFN5O. The van der Waals surface area contributed by atoms with Crippen molar-refractivity contribution in [1.29, 1.82) is 0 Å². The molecular weight excluding hydrogens is 261 g/mol. The first-order valence-corrected chi connectivity index (χ1v) is 5.70. The van der Waals surface area contributed by atoms with E-state index in [1.165, 1.54) is 16.8 Å². The Balaban J connectivity index is 2.35. The number of aromatic nitrogens is 5. The molecule has 0 amide bonds. The summed E-state index contributed by atoms with van der Waals surface area (Å²) in [5, 5.41) is 7.53. The first-order valence-electron chi connectivity index (χ1n) is 5.32. The summed E-state index contributed by atoms with van der Waals surface area (Å²) in [6.45, 7) is 3.51. The fourth-order valence-corrected chi connectivity index (χ4v) is 1.59.